The summed E-state index contributed by atoms with van der Waals surface area (Å²) in [4.78, 5) is 0. The molecular formula is C144H100B-. The summed E-state index contributed by atoms with van der Waals surface area (Å²) in [5, 5.41) is 0. The van der Waals surface area contributed by atoms with Gasteiger partial charge in [0.1, 0.15) is 6.15 Å². The summed E-state index contributed by atoms with van der Waals surface area (Å²) in [6.07, 6.45) is -3.80. The zero-order valence-electron chi connectivity index (χ0n) is 80.3. The van der Waals surface area contributed by atoms with E-state index in [9.17, 15) is 0 Å². The highest BCUT2D eigenvalue weighted by Crippen LogP contribution is 2.61. The molecule has 0 bridgehead atoms. The Hall–Kier alpha value is -18.7. The molecule has 0 aliphatic rings. The van der Waals surface area contributed by atoms with Crippen LogP contribution in [0.3, 0.4) is 0 Å². The highest BCUT2D eigenvalue weighted by molar-refractivity contribution is 7.24. The molecule has 0 atom stereocenters. The smallest absolute Gasteiger partial charge is 0.114 e. The van der Waals surface area contributed by atoms with E-state index >= 15 is 0 Å². The fourth-order valence-electron chi connectivity index (χ4n) is 23.6. The van der Waals surface area contributed by atoms with Gasteiger partial charge in [-0.15, -0.1) is 0 Å². The molecule has 145 heavy (non-hydrogen) atoms. The van der Waals surface area contributed by atoms with Crippen LogP contribution in [-0.2, 0) is 0 Å². The van der Waals surface area contributed by atoms with Crippen molar-refractivity contribution in [2.45, 2.75) is 0 Å². The maximum atomic E-state index is 2.45. The van der Waals surface area contributed by atoms with Crippen LogP contribution in [0.2, 0.25) is 0 Å². The second kappa shape index (κ2) is 40.3. The highest BCUT2D eigenvalue weighted by Gasteiger charge is 2.51. The van der Waals surface area contributed by atoms with Crippen LogP contribution in [0.25, 0.3) is 223 Å². The molecular weight excluding hydrogens is 1740 g/mol. The van der Waals surface area contributed by atoms with Crippen LogP contribution in [0.4, 0.5) is 0 Å². The van der Waals surface area contributed by atoms with Gasteiger partial charge in [0, 0.05) is 0 Å². The lowest BCUT2D eigenvalue weighted by Gasteiger charge is -2.56. The van der Waals surface area contributed by atoms with Crippen molar-refractivity contribution in [3.05, 3.63) is 607 Å². The fraction of sp³-hybridized carbons (Fsp3) is 0. The third-order valence-electron chi connectivity index (χ3n) is 29.1. The van der Waals surface area contributed by atoms with Gasteiger partial charge >= 0.3 is 0 Å². The van der Waals surface area contributed by atoms with Gasteiger partial charge in [0.15, 0.2) is 0 Å². The zero-order valence-corrected chi connectivity index (χ0v) is 80.3. The molecule has 0 N–H and O–H groups in total. The van der Waals surface area contributed by atoms with E-state index in [1.165, 1.54) is 0 Å². The van der Waals surface area contributed by atoms with Crippen LogP contribution in [-0.4, -0.2) is 6.15 Å². The summed E-state index contributed by atoms with van der Waals surface area (Å²) >= 11 is 0. The third kappa shape index (κ3) is 16.4. The topological polar surface area (TPSA) is 0 Å². The number of benzene rings is 24. The maximum absolute atomic E-state index is 3.80. The van der Waals surface area contributed by atoms with Crippen molar-refractivity contribution in [2.24, 2.45) is 0 Å². The Morgan fingerprint density at radius 3 is 0.186 bits per heavy atom. The van der Waals surface area contributed by atoms with Crippen LogP contribution in [0.5, 0.6) is 0 Å². The molecule has 0 spiro atoms. The van der Waals surface area contributed by atoms with Gasteiger partial charge in [-0.05, 0) is 223 Å². The minimum absolute atomic E-state index is 1.01. The second-order valence-corrected chi connectivity index (χ2v) is 37.3. The van der Waals surface area contributed by atoms with Crippen molar-refractivity contribution in [1.82, 2.24) is 0 Å². The summed E-state index contributed by atoms with van der Waals surface area (Å²) in [5.74, 6) is 0. The first-order valence-electron chi connectivity index (χ1n) is 50.4. The Morgan fingerprint density at radius 2 is 0.117 bits per heavy atom. The molecule has 24 aromatic carbocycles. The molecule has 0 fully saturated rings. The molecule has 0 heterocycles. The largest absolute Gasteiger partial charge is 0.178 e. The summed E-state index contributed by atoms with van der Waals surface area (Å²) in [5.41, 5.74) is 45.9. The first-order chi connectivity index (χ1) is 72.2. The molecule has 24 rings (SSSR count). The van der Waals surface area contributed by atoms with Gasteiger partial charge in [0.2, 0.25) is 0 Å². The molecule has 0 aromatic heterocycles. The van der Waals surface area contributed by atoms with Crippen LogP contribution < -0.4 is 21.9 Å². The standard InChI is InChI=1S/C144H100B/c1-21-61-101(62-22-1)121-125(105-69-29-5-30-70-105)133(113-85-45-13-46-86-113)141(134(114-87-47-14-48-88-114)126(121)106-71-31-6-32-72-106)145(142-135(115-89-49-15-50-90-115)127(107-73-33-7-34-74-107)122(102-63-23-2-24-64-102)128(108-75-35-8-36-76-108)136(142)116-91-51-16-52-92-116,143-137(117-93-53-17-54-94-117)129(109-77-37-9-38-78-109)123(103-65-25-3-26-66-103)130(110-79-39-10-40-80-110)138(143)118-95-55-18-56-96-118)144-139(119-97-57-19-58-98-119)131(111-81-41-11-42-82-111)124(104-67-27-4-28-68-104)132(112-83-43-12-44-84-112)140(144)120-99-59-20-60-100-120/h1-100H/q-1. The van der Waals surface area contributed by atoms with Crippen molar-refractivity contribution in [2.75, 3.05) is 0 Å². The van der Waals surface area contributed by atoms with Crippen LogP contribution >= 0.6 is 0 Å². The van der Waals surface area contributed by atoms with Crippen molar-refractivity contribution in [3.63, 3.8) is 0 Å². The van der Waals surface area contributed by atoms with Gasteiger partial charge < -0.3 is 0 Å². The Morgan fingerprint density at radius 1 is 0.0621 bits per heavy atom. The molecule has 0 nitrogen and oxygen atoms in total. The van der Waals surface area contributed by atoms with Gasteiger partial charge in [-0.25, -0.2) is 0 Å². The average Bonchev–Trinajstić information content (AvgIpc) is 0.649. The molecule has 0 radical (unpaired) electrons. The summed E-state index contributed by atoms with van der Waals surface area (Å²) in [7, 11) is 0. The molecule has 0 aliphatic carbocycles. The fourth-order valence-corrected chi connectivity index (χ4v) is 23.6. The molecule has 24 aromatic rings. The van der Waals surface area contributed by atoms with E-state index in [0.29, 0.717) is 0 Å². The molecule has 680 valence electrons. The maximum Gasteiger partial charge on any atom is 0.114 e. The lowest BCUT2D eigenvalue weighted by molar-refractivity contribution is 1.51. The summed E-state index contributed by atoms with van der Waals surface area (Å²) in [6.45, 7) is 0. The molecule has 1 heteroatoms. The monoisotopic (exact) mass is 1840 g/mol. The first-order valence-corrected chi connectivity index (χ1v) is 50.4. The van der Waals surface area contributed by atoms with E-state index in [2.05, 4.69) is 607 Å². The third-order valence-corrected chi connectivity index (χ3v) is 29.1. The van der Waals surface area contributed by atoms with Crippen LogP contribution in [0.15, 0.2) is 607 Å². The van der Waals surface area contributed by atoms with Crippen molar-refractivity contribution in [1.29, 1.82) is 0 Å². The molecule has 0 saturated heterocycles. The van der Waals surface area contributed by atoms with E-state index in [1.807, 2.05) is 0 Å². The van der Waals surface area contributed by atoms with Gasteiger partial charge in [0.05, 0.1) is 0 Å². The minimum atomic E-state index is -3.80. The second-order valence-electron chi connectivity index (χ2n) is 37.3. The first kappa shape index (κ1) is 89.0. The van der Waals surface area contributed by atoms with Crippen LogP contribution in [0.1, 0.15) is 0 Å². The van der Waals surface area contributed by atoms with Gasteiger partial charge in [-0.3, -0.25) is 0 Å². The van der Waals surface area contributed by atoms with Crippen LogP contribution in [0, 0.1) is 0 Å². The summed E-state index contributed by atoms with van der Waals surface area (Å²) in [6, 6.07) is 232. The quantitative estimate of drug-likeness (QED) is 0.0529. The predicted molar refractivity (Wildman–Crippen MR) is 619 cm³/mol. The van der Waals surface area contributed by atoms with E-state index in [4.69, 9.17) is 0 Å². The zero-order chi connectivity index (χ0) is 96.6. The Labute approximate surface area is 850 Å². The van der Waals surface area contributed by atoms with E-state index in [1.54, 1.807) is 0 Å². The number of rotatable bonds is 24. The molecule has 0 unspecified atom stereocenters. The number of hydrogen-bond donors (Lipinski definition) is 0. The normalized spacial score (nSPS) is 11.3. The van der Waals surface area contributed by atoms with Gasteiger partial charge in [-0.2, -0.15) is 21.9 Å². The predicted octanol–water partition coefficient (Wildman–Crippen LogP) is 36.4. The lowest BCUT2D eigenvalue weighted by Crippen LogP contribution is -2.78. The summed E-state index contributed by atoms with van der Waals surface area (Å²) < 4.78 is 0. The van der Waals surface area contributed by atoms with E-state index in [0.717, 1.165) is 244 Å². The molecule has 0 aliphatic heterocycles. The van der Waals surface area contributed by atoms with Crippen molar-refractivity contribution < 1.29 is 0 Å². The number of hydrogen-bond acceptors (Lipinski definition) is 0. The van der Waals surface area contributed by atoms with E-state index in [-0.39, 0.29) is 0 Å². The Kier molecular flexibility index (Phi) is 24.7. The molecule has 0 amide bonds. The Bertz CT molecular complexity index is 7190. The van der Waals surface area contributed by atoms with Crippen molar-refractivity contribution >= 4 is 28.0 Å². The highest BCUT2D eigenvalue weighted by atomic mass is 14.4. The average molecular weight is 1840 g/mol. The SMILES string of the molecule is c1ccc(-c2c(-c3ccccc3)c(-c3ccccc3)c([B-](c3c(-c4ccccc4)c(-c4ccccc4)c(-c4ccccc4)c(-c4ccccc4)c3-c3ccccc3)(c3c(-c4ccccc4)c(-c4ccccc4)c(-c4ccccc4)c(-c4ccccc4)c3-c3ccccc3)c3c(-c4ccccc4)c(-c4ccccc4)c(-c4ccccc4)c(-c4ccccc4)c3-c3ccccc3)c(-c3ccccc3)c2-c2ccccc2)cc1. The van der Waals surface area contributed by atoms with Crippen molar-refractivity contribution in [3.8, 4) is 223 Å². The minimum Gasteiger partial charge on any atom is -0.178 e. The van der Waals surface area contributed by atoms with E-state index < -0.39 is 6.15 Å². The van der Waals surface area contributed by atoms with Gasteiger partial charge in [0.25, 0.3) is 0 Å². The molecule has 0 saturated carbocycles. The lowest BCUT2D eigenvalue weighted by atomic mass is 9.09. The Balaban J connectivity index is 1.23. The van der Waals surface area contributed by atoms with Gasteiger partial charge in [-0.1, -0.05) is 607 Å².